The molecule has 0 bridgehead atoms. The second-order valence-corrected chi connectivity index (χ2v) is 6.69. The van der Waals surface area contributed by atoms with Crippen molar-refractivity contribution in [1.82, 2.24) is 10.0 Å². The summed E-state index contributed by atoms with van der Waals surface area (Å²) in [5.74, 6) is 0. The highest BCUT2D eigenvalue weighted by Crippen LogP contribution is 2.16. The van der Waals surface area contributed by atoms with Gasteiger partial charge in [0, 0.05) is 12.6 Å². The monoisotopic (exact) mass is 295 g/mol. The summed E-state index contributed by atoms with van der Waals surface area (Å²) in [6.07, 6.45) is 0.717. The Morgan fingerprint density at radius 2 is 2.00 bits per heavy atom. The lowest BCUT2D eigenvalue weighted by Crippen LogP contribution is -2.30. The Balaban J connectivity index is 2.67. The summed E-state index contributed by atoms with van der Waals surface area (Å²) in [6.45, 7) is 6.94. The topological polar surface area (TPSA) is 82.0 Å². The number of nitrogens with one attached hydrogen (secondary N) is 2. The summed E-state index contributed by atoms with van der Waals surface area (Å²) >= 11 is 0. The second-order valence-electron chi connectivity index (χ2n) is 4.95. The molecule has 0 radical (unpaired) electrons. The van der Waals surface area contributed by atoms with E-state index in [4.69, 9.17) is 5.26 Å². The van der Waals surface area contributed by atoms with Gasteiger partial charge in [-0.25, -0.2) is 13.1 Å². The van der Waals surface area contributed by atoms with E-state index in [1.807, 2.05) is 19.9 Å². The van der Waals surface area contributed by atoms with Gasteiger partial charge in [0.2, 0.25) is 10.0 Å². The quantitative estimate of drug-likeness (QED) is 0.747. The van der Waals surface area contributed by atoms with Gasteiger partial charge in [0.1, 0.15) is 0 Å². The van der Waals surface area contributed by atoms with Gasteiger partial charge in [-0.3, -0.25) is 0 Å². The van der Waals surface area contributed by atoms with Crippen LogP contribution in [-0.4, -0.2) is 27.5 Å². The Kier molecular flexibility index (Phi) is 6.14. The van der Waals surface area contributed by atoms with Gasteiger partial charge < -0.3 is 5.32 Å². The molecule has 110 valence electrons. The summed E-state index contributed by atoms with van der Waals surface area (Å²) < 4.78 is 26.9. The molecule has 2 N–H and O–H groups in total. The standard InChI is InChI=1S/C14H21N3O2S/c1-11(2)16-7-4-8-17-20(18,19)14-9-13(10-15)6-5-12(14)3/h5-6,9,11,16-17H,4,7-8H2,1-3H3. The van der Waals surface area contributed by atoms with Crippen LogP contribution >= 0.6 is 0 Å². The summed E-state index contributed by atoms with van der Waals surface area (Å²) in [7, 11) is -3.55. The molecule has 1 rings (SSSR count). The van der Waals surface area contributed by atoms with Crippen molar-refractivity contribution in [2.75, 3.05) is 13.1 Å². The van der Waals surface area contributed by atoms with E-state index in [0.29, 0.717) is 30.1 Å². The first-order valence-corrected chi connectivity index (χ1v) is 8.09. The maximum Gasteiger partial charge on any atom is 0.240 e. The van der Waals surface area contributed by atoms with E-state index in [0.717, 1.165) is 6.54 Å². The molecular formula is C14H21N3O2S. The van der Waals surface area contributed by atoms with E-state index in [1.165, 1.54) is 6.07 Å². The molecule has 6 heteroatoms. The van der Waals surface area contributed by atoms with E-state index in [9.17, 15) is 8.42 Å². The fraction of sp³-hybridized carbons (Fsp3) is 0.500. The largest absolute Gasteiger partial charge is 0.314 e. The Bertz CT molecular complexity index is 589. The van der Waals surface area contributed by atoms with E-state index >= 15 is 0 Å². The third kappa shape index (κ3) is 4.93. The summed E-state index contributed by atoms with van der Waals surface area (Å²) in [4.78, 5) is 0.174. The maximum atomic E-state index is 12.2. The van der Waals surface area contributed by atoms with Crippen LogP contribution in [0.3, 0.4) is 0 Å². The molecule has 0 unspecified atom stereocenters. The molecule has 0 amide bonds. The average Bonchev–Trinajstić information content (AvgIpc) is 2.38. The van der Waals surface area contributed by atoms with E-state index < -0.39 is 10.0 Å². The SMILES string of the molecule is Cc1ccc(C#N)cc1S(=O)(=O)NCCCNC(C)C. The number of benzene rings is 1. The Morgan fingerprint density at radius 3 is 2.60 bits per heavy atom. The normalized spacial score (nSPS) is 11.6. The van der Waals surface area contributed by atoms with Gasteiger partial charge in [0.25, 0.3) is 0 Å². The number of aryl methyl sites for hydroxylation is 1. The number of hydrogen-bond donors (Lipinski definition) is 2. The van der Waals surface area contributed by atoms with Crippen LogP contribution in [0, 0.1) is 18.3 Å². The molecule has 0 saturated carbocycles. The fourth-order valence-corrected chi connectivity index (χ4v) is 3.07. The van der Waals surface area contributed by atoms with E-state index in [-0.39, 0.29) is 4.90 Å². The molecule has 0 fully saturated rings. The lowest BCUT2D eigenvalue weighted by molar-refractivity contribution is 0.554. The smallest absolute Gasteiger partial charge is 0.240 e. The molecule has 0 atom stereocenters. The number of nitrogens with zero attached hydrogens (tertiary/aromatic N) is 1. The predicted molar refractivity (Wildman–Crippen MR) is 78.8 cm³/mol. The number of sulfonamides is 1. The highest BCUT2D eigenvalue weighted by atomic mass is 32.2. The van der Waals surface area contributed by atoms with Crippen LogP contribution in [0.1, 0.15) is 31.4 Å². The highest BCUT2D eigenvalue weighted by Gasteiger charge is 2.16. The van der Waals surface area contributed by atoms with Crippen LogP contribution in [0.2, 0.25) is 0 Å². The van der Waals surface area contributed by atoms with Crippen LogP contribution in [-0.2, 0) is 10.0 Å². The first-order valence-electron chi connectivity index (χ1n) is 6.60. The van der Waals surface area contributed by atoms with Crippen LogP contribution in [0.4, 0.5) is 0 Å². The summed E-state index contributed by atoms with van der Waals surface area (Å²) in [5, 5.41) is 12.1. The number of nitriles is 1. The Hall–Kier alpha value is -1.42. The molecular weight excluding hydrogens is 274 g/mol. The first kappa shape index (κ1) is 16.6. The van der Waals surface area contributed by atoms with Gasteiger partial charge in [-0.2, -0.15) is 5.26 Å². The van der Waals surface area contributed by atoms with Crippen molar-refractivity contribution in [2.45, 2.75) is 38.1 Å². The molecule has 0 aliphatic carbocycles. The average molecular weight is 295 g/mol. The lowest BCUT2D eigenvalue weighted by Gasteiger charge is -2.11. The summed E-state index contributed by atoms with van der Waals surface area (Å²) in [6, 6.07) is 7.01. The predicted octanol–water partition coefficient (Wildman–Crippen LogP) is 1.53. The Labute approximate surface area is 121 Å². The summed E-state index contributed by atoms with van der Waals surface area (Å²) in [5.41, 5.74) is 0.981. The van der Waals surface area contributed by atoms with Crippen LogP contribution in [0.25, 0.3) is 0 Å². The molecule has 5 nitrogen and oxygen atoms in total. The maximum absolute atomic E-state index is 12.2. The minimum Gasteiger partial charge on any atom is -0.314 e. The minimum atomic E-state index is -3.55. The van der Waals surface area contributed by atoms with Crippen molar-refractivity contribution in [3.8, 4) is 6.07 Å². The van der Waals surface area contributed by atoms with Crippen molar-refractivity contribution >= 4 is 10.0 Å². The third-order valence-corrected chi connectivity index (χ3v) is 4.41. The number of hydrogen-bond acceptors (Lipinski definition) is 4. The molecule has 0 aliphatic heterocycles. The molecule has 0 aromatic heterocycles. The van der Waals surface area contributed by atoms with Crippen molar-refractivity contribution < 1.29 is 8.42 Å². The van der Waals surface area contributed by atoms with Gasteiger partial charge in [0.15, 0.2) is 0 Å². The lowest BCUT2D eigenvalue weighted by atomic mass is 10.2. The van der Waals surface area contributed by atoms with Crippen molar-refractivity contribution in [2.24, 2.45) is 0 Å². The molecule has 1 aromatic rings. The molecule has 20 heavy (non-hydrogen) atoms. The van der Waals surface area contributed by atoms with Crippen LogP contribution in [0.5, 0.6) is 0 Å². The van der Waals surface area contributed by atoms with Gasteiger partial charge in [0.05, 0.1) is 16.5 Å². The molecule has 1 aromatic carbocycles. The van der Waals surface area contributed by atoms with E-state index in [2.05, 4.69) is 10.0 Å². The molecule has 0 heterocycles. The second kappa shape index (κ2) is 7.39. The third-order valence-electron chi connectivity index (χ3n) is 2.80. The molecule has 0 saturated heterocycles. The first-order chi connectivity index (χ1) is 9.36. The zero-order valence-corrected chi connectivity index (χ0v) is 12.9. The van der Waals surface area contributed by atoms with Crippen molar-refractivity contribution in [1.29, 1.82) is 5.26 Å². The van der Waals surface area contributed by atoms with Crippen molar-refractivity contribution in [3.63, 3.8) is 0 Å². The molecule has 0 aliphatic rings. The van der Waals surface area contributed by atoms with Crippen LogP contribution < -0.4 is 10.0 Å². The highest BCUT2D eigenvalue weighted by molar-refractivity contribution is 7.89. The van der Waals surface area contributed by atoms with Gasteiger partial charge >= 0.3 is 0 Å². The van der Waals surface area contributed by atoms with E-state index in [1.54, 1.807) is 19.1 Å². The van der Waals surface area contributed by atoms with Crippen molar-refractivity contribution in [3.05, 3.63) is 29.3 Å². The van der Waals surface area contributed by atoms with Gasteiger partial charge in [-0.15, -0.1) is 0 Å². The van der Waals surface area contributed by atoms with Crippen LogP contribution in [0.15, 0.2) is 23.1 Å². The minimum absolute atomic E-state index is 0.174. The van der Waals surface area contributed by atoms with Gasteiger partial charge in [-0.1, -0.05) is 19.9 Å². The number of rotatable bonds is 7. The van der Waals surface area contributed by atoms with Gasteiger partial charge in [-0.05, 0) is 37.6 Å². The Morgan fingerprint density at radius 1 is 1.30 bits per heavy atom. The fourth-order valence-electron chi connectivity index (χ4n) is 1.72. The molecule has 0 spiro atoms. The zero-order valence-electron chi connectivity index (χ0n) is 12.1. The zero-order chi connectivity index (χ0) is 15.2.